The van der Waals surface area contributed by atoms with Crippen molar-refractivity contribution in [3.05, 3.63) is 12.8 Å². The summed E-state index contributed by atoms with van der Waals surface area (Å²) in [7, 11) is 1.72. The minimum absolute atomic E-state index is 0.157. The van der Waals surface area contributed by atoms with Crippen LogP contribution in [-0.4, -0.2) is 52.7 Å². The van der Waals surface area contributed by atoms with E-state index in [1.54, 1.807) is 13.2 Å². The molecule has 0 fully saturated rings. The Morgan fingerprint density at radius 2 is 1.94 bits per heavy atom. The Hall–Kier alpha value is -0.650. The highest BCUT2D eigenvalue weighted by Crippen LogP contribution is 1.92. The van der Waals surface area contributed by atoms with E-state index in [4.69, 9.17) is 9.47 Å². The Labute approximate surface area is 104 Å². The monoisotopic (exact) mass is 248 g/mol. The van der Waals surface area contributed by atoms with Crippen LogP contribution in [0.3, 0.4) is 0 Å². The maximum Gasteiger partial charge on any atom is 0.136 e. The van der Waals surface area contributed by atoms with Gasteiger partial charge in [-0.2, -0.15) is 0 Å². The fourth-order valence-electron chi connectivity index (χ4n) is 1.24. The van der Waals surface area contributed by atoms with Gasteiger partial charge in [-0.05, 0) is 26.1 Å². The van der Waals surface area contributed by atoms with E-state index >= 15 is 0 Å². The molecule has 5 heteroatoms. The van der Waals surface area contributed by atoms with Gasteiger partial charge in [0.1, 0.15) is 6.17 Å². The Balaban J connectivity index is 3.00. The standard InChI is InChI=1S/C12H25FN2O2/c1-3-15-6-4-7-16-8-5-9-17-11-12(13)10-14-2/h3,12,14-15H,1,4-11H2,2H3. The van der Waals surface area contributed by atoms with Crippen molar-refractivity contribution in [2.45, 2.75) is 19.0 Å². The number of alkyl halides is 1. The summed E-state index contributed by atoms with van der Waals surface area (Å²) in [6.07, 6.45) is 2.51. The molecule has 1 unspecified atom stereocenters. The molecular weight excluding hydrogens is 223 g/mol. The first-order valence-electron chi connectivity index (χ1n) is 6.09. The molecule has 0 amide bonds. The number of rotatable bonds is 13. The van der Waals surface area contributed by atoms with Crippen LogP contribution in [0, 0.1) is 0 Å². The predicted octanol–water partition coefficient (Wildman–Crippen LogP) is 1.09. The second-order valence-corrected chi connectivity index (χ2v) is 3.71. The van der Waals surface area contributed by atoms with E-state index in [9.17, 15) is 4.39 Å². The minimum Gasteiger partial charge on any atom is -0.391 e. The molecule has 0 aromatic heterocycles. The van der Waals surface area contributed by atoms with Gasteiger partial charge in [-0.3, -0.25) is 0 Å². The Kier molecular flexibility index (Phi) is 12.9. The van der Waals surface area contributed by atoms with E-state index in [-0.39, 0.29) is 6.61 Å². The normalized spacial score (nSPS) is 12.4. The molecule has 0 aromatic rings. The van der Waals surface area contributed by atoms with Gasteiger partial charge in [0.05, 0.1) is 6.61 Å². The van der Waals surface area contributed by atoms with Crippen molar-refractivity contribution >= 4 is 0 Å². The van der Waals surface area contributed by atoms with Crippen molar-refractivity contribution in [1.82, 2.24) is 10.6 Å². The average Bonchev–Trinajstić information content (AvgIpc) is 2.32. The van der Waals surface area contributed by atoms with Gasteiger partial charge in [-0.1, -0.05) is 6.58 Å². The number of halogens is 1. The summed E-state index contributed by atoms with van der Waals surface area (Å²) in [6.45, 7) is 6.87. The lowest BCUT2D eigenvalue weighted by Crippen LogP contribution is -2.24. The number of hydrogen-bond acceptors (Lipinski definition) is 4. The first-order chi connectivity index (χ1) is 8.31. The highest BCUT2D eigenvalue weighted by molar-refractivity contribution is 4.61. The lowest BCUT2D eigenvalue weighted by Gasteiger charge is -2.08. The van der Waals surface area contributed by atoms with Gasteiger partial charge < -0.3 is 20.1 Å². The second-order valence-electron chi connectivity index (χ2n) is 3.71. The van der Waals surface area contributed by atoms with Gasteiger partial charge in [-0.25, -0.2) is 4.39 Å². The summed E-state index contributed by atoms with van der Waals surface area (Å²) in [5.74, 6) is 0. The molecule has 2 N–H and O–H groups in total. The molecule has 0 saturated heterocycles. The lowest BCUT2D eigenvalue weighted by molar-refractivity contribution is 0.0559. The lowest BCUT2D eigenvalue weighted by atomic mass is 10.4. The smallest absolute Gasteiger partial charge is 0.136 e. The number of nitrogens with one attached hydrogen (secondary N) is 2. The molecule has 0 heterocycles. The van der Waals surface area contributed by atoms with Crippen LogP contribution in [0.2, 0.25) is 0 Å². The zero-order valence-electron chi connectivity index (χ0n) is 10.7. The summed E-state index contributed by atoms with van der Waals surface area (Å²) in [6, 6.07) is 0. The third kappa shape index (κ3) is 13.3. The molecule has 1 atom stereocenters. The van der Waals surface area contributed by atoms with E-state index in [2.05, 4.69) is 17.2 Å². The van der Waals surface area contributed by atoms with Gasteiger partial charge in [0.2, 0.25) is 0 Å². The topological polar surface area (TPSA) is 42.5 Å². The van der Waals surface area contributed by atoms with Crippen LogP contribution >= 0.6 is 0 Å². The van der Waals surface area contributed by atoms with Crippen molar-refractivity contribution in [3.8, 4) is 0 Å². The van der Waals surface area contributed by atoms with E-state index in [0.717, 1.165) is 26.0 Å². The van der Waals surface area contributed by atoms with E-state index < -0.39 is 6.17 Å². The molecule has 0 aliphatic rings. The zero-order valence-corrected chi connectivity index (χ0v) is 10.7. The first-order valence-corrected chi connectivity index (χ1v) is 6.09. The molecule has 0 radical (unpaired) electrons. The molecule has 17 heavy (non-hydrogen) atoms. The van der Waals surface area contributed by atoms with Crippen molar-refractivity contribution in [3.63, 3.8) is 0 Å². The molecule has 0 aliphatic carbocycles. The highest BCUT2D eigenvalue weighted by atomic mass is 19.1. The summed E-state index contributed by atoms with van der Waals surface area (Å²) in [5, 5.41) is 5.76. The second kappa shape index (κ2) is 13.4. The maximum absolute atomic E-state index is 12.9. The van der Waals surface area contributed by atoms with Gasteiger partial charge in [0.25, 0.3) is 0 Å². The Morgan fingerprint density at radius 3 is 2.65 bits per heavy atom. The molecule has 4 nitrogen and oxygen atoms in total. The molecule has 0 aromatic carbocycles. The van der Waals surface area contributed by atoms with Crippen LogP contribution in [0.4, 0.5) is 4.39 Å². The molecule has 0 bridgehead atoms. The minimum atomic E-state index is -0.925. The fraction of sp³-hybridized carbons (Fsp3) is 0.833. The number of hydrogen-bond donors (Lipinski definition) is 2. The third-order valence-corrected chi connectivity index (χ3v) is 2.06. The largest absolute Gasteiger partial charge is 0.391 e. The molecular formula is C12H25FN2O2. The van der Waals surface area contributed by atoms with Crippen LogP contribution in [-0.2, 0) is 9.47 Å². The Bertz CT molecular complexity index is 171. The maximum atomic E-state index is 12.9. The van der Waals surface area contributed by atoms with Crippen LogP contribution in [0.5, 0.6) is 0 Å². The summed E-state index contributed by atoms with van der Waals surface area (Å²) in [5.41, 5.74) is 0. The summed E-state index contributed by atoms with van der Waals surface area (Å²) < 4.78 is 23.5. The molecule has 102 valence electrons. The predicted molar refractivity (Wildman–Crippen MR) is 67.9 cm³/mol. The SMILES string of the molecule is C=CNCCCOCCCOCC(F)CNC. The summed E-state index contributed by atoms with van der Waals surface area (Å²) >= 11 is 0. The van der Waals surface area contributed by atoms with Gasteiger partial charge in [0, 0.05) is 32.9 Å². The van der Waals surface area contributed by atoms with Crippen molar-refractivity contribution in [1.29, 1.82) is 0 Å². The average molecular weight is 248 g/mol. The van der Waals surface area contributed by atoms with Gasteiger partial charge in [0.15, 0.2) is 0 Å². The van der Waals surface area contributed by atoms with E-state index in [1.165, 1.54) is 0 Å². The van der Waals surface area contributed by atoms with Crippen LogP contribution in [0.1, 0.15) is 12.8 Å². The van der Waals surface area contributed by atoms with Crippen molar-refractivity contribution < 1.29 is 13.9 Å². The van der Waals surface area contributed by atoms with Crippen LogP contribution in [0.15, 0.2) is 12.8 Å². The molecule has 0 aliphatic heterocycles. The highest BCUT2D eigenvalue weighted by Gasteiger charge is 2.03. The molecule has 0 saturated carbocycles. The van der Waals surface area contributed by atoms with E-state index in [0.29, 0.717) is 19.8 Å². The fourth-order valence-corrected chi connectivity index (χ4v) is 1.24. The summed E-state index contributed by atoms with van der Waals surface area (Å²) in [4.78, 5) is 0. The third-order valence-electron chi connectivity index (χ3n) is 2.06. The zero-order chi connectivity index (χ0) is 12.8. The van der Waals surface area contributed by atoms with Crippen molar-refractivity contribution in [2.24, 2.45) is 0 Å². The first kappa shape index (κ1) is 16.4. The van der Waals surface area contributed by atoms with Crippen LogP contribution < -0.4 is 10.6 Å². The van der Waals surface area contributed by atoms with E-state index in [1.807, 2.05) is 0 Å². The number of ether oxygens (including phenoxy) is 2. The quantitative estimate of drug-likeness (QED) is 0.479. The Morgan fingerprint density at radius 1 is 1.24 bits per heavy atom. The van der Waals surface area contributed by atoms with Gasteiger partial charge in [-0.15, -0.1) is 0 Å². The van der Waals surface area contributed by atoms with Gasteiger partial charge >= 0.3 is 0 Å². The van der Waals surface area contributed by atoms with Crippen LogP contribution in [0.25, 0.3) is 0 Å². The molecule has 0 spiro atoms. The van der Waals surface area contributed by atoms with Crippen molar-refractivity contribution in [2.75, 3.05) is 46.6 Å². The molecule has 0 rings (SSSR count).